The molecular formula is C11H19N3O. The maximum Gasteiger partial charge on any atom is 0.332 e. The third-order valence-electron chi connectivity index (χ3n) is 4.81. The quantitative estimate of drug-likeness (QED) is 0.636. The van der Waals surface area contributed by atoms with Crippen molar-refractivity contribution in [1.29, 1.82) is 0 Å². The summed E-state index contributed by atoms with van der Waals surface area (Å²) in [6.45, 7) is 6.86. The minimum atomic E-state index is -0.577. The first-order chi connectivity index (χ1) is 6.88. The minimum Gasteiger partial charge on any atom is -0.350 e. The van der Waals surface area contributed by atoms with Gasteiger partial charge in [0, 0.05) is 11.1 Å². The molecule has 0 aromatic rings. The van der Waals surface area contributed by atoms with Crippen molar-refractivity contribution in [1.82, 2.24) is 5.43 Å². The van der Waals surface area contributed by atoms with Crippen LogP contribution in [-0.4, -0.2) is 11.7 Å². The maximum absolute atomic E-state index is 10.6. The van der Waals surface area contributed by atoms with Gasteiger partial charge in [0.05, 0.1) is 0 Å². The summed E-state index contributed by atoms with van der Waals surface area (Å²) in [5, 5.41) is 4.16. The van der Waals surface area contributed by atoms with Gasteiger partial charge in [-0.3, -0.25) is 0 Å². The lowest BCUT2D eigenvalue weighted by Gasteiger charge is -2.34. The van der Waals surface area contributed by atoms with Gasteiger partial charge in [-0.1, -0.05) is 20.8 Å². The van der Waals surface area contributed by atoms with E-state index in [1.165, 1.54) is 12.8 Å². The molecule has 2 aliphatic carbocycles. The number of carbonyl (C=O) groups excluding carboxylic acids is 1. The second-order valence-electron chi connectivity index (χ2n) is 5.53. The average molecular weight is 209 g/mol. The molecule has 2 saturated carbocycles. The summed E-state index contributed by atoms with van der Waals surface area (Å²) in [6.07, 6.45) is 3.45. The summed E-state index contributed by atoms with van der Waals surface area (Å²) in [5.41, 5.74) is 8.93. The molecule has 0 aliphatic heterocycles. The summed E-state index contributed by atoms with van der Waals surface area (Å²) < 4.78 is 0. The van der Waals surface area contributed by atoms with Crippen molar-refractivity contribution in [2.45, 2.75) is 40.0 Å². The Hall–Kier alpha value is -1.06. The predicted octanol–water partition coefficient (Wildman–Crippen LogP) is 1.86. The molecule has 2 fully saturated rings. The van der Waals surface area contributed by atoms with Crippen LogP contribution in [0.1, 0.15) is 40.0 Å². The highest BCUT2D eigenvalue weighted by molar-refractivity contribution is 5.94. The molecule has 0 aromatic heterocycles. The van der Waals surface area contributed by atoms with E-state index in [1.807, 2.05) is 0 Å². The molecule has 2 aliphatic rings. The number of primary amides is 1. The largest absolute Gasteiger partial charge is 0.350 e. The Morgan fingerprint density at radius 2 is 2.20 bits per heavy atom. The Labute approximate surface area is 90.3 Å². The van der Waals surface area contributed by atoms with Crippen LogP contribution >= 0.6 is 0 Å². The molecule has 0 heterocycles. The number of hydrazone groups is 1. The fourth-order valence-electron chi connectivity index (χ4n) is 3.22. The number of nitrogens with one attached hydrogen (secondary N) is 1. The molecule has 2 atom stereocenters. The van der Waals surface area contributed by atoms with E-state index in [1.54, 1.807) is 0 Å². The first-order valence-corrected chi connectivity index (χ1v) is 5.50. The van der Waals surface area contributed by atoms with Crippen LogP contribution in [0.5, 0.6) is 0 Å². The summed E-state index contributed by atoms with van der Waals surface area (Å²) in [7, 11) is 0. The second kappa shape index (κ2) is 2.97. The third-order valence-corrected chi connectivity index (χ3v) is 4.81. The summed E-state index contributed by atoms with van der Waals surface area (Å²) in [6, 6.07) is -0.577. The molecule has 2 rings (SSSR count). The van der Waals surface area contributed by atoms with Gasteiger partial charge in [-0.25, -0.2) is 10.2 Å². The third kappa shape index (κ3) is 1.27. The minimum absolute atomic E-state index is 0.139. The summed E-state index contributed by atoms with van der Waals surface area (Å²) in [5.74, 6) is 0.705. The number of carbonyl (C=O) groups is 1. The van der Waals surface area contributed by atoms with Crippen LogP contribution in [0.3, 0.4) is 0 Å². The zero-order valence-electron chi connectivity index (χ0n) is 9.63. The smallest absolute Gasteiger partial charge is 0.332 e. The van der Waals surface area contributed by atoms with Crippen LogP contribution in [0.25, 0.3) is 0 Å². The van der Waals surface area contributed by atoms with Gasteiger partial charge >= 0.3 is 6.03 Å². The van der Waals surface area contributed by atoms with Gasteiger partial charge in [0.15, 0.2) is 0 Å². The van der Waals surface area contributed by atoms with E-state index in [9.17, 15) is 4.79 Å². The lowest BCUT2D eigenvalue weighted by atomic mass is 9.70. The Bertz CT molecular complexity index is 335. The van der Waals surface area contributed by atoms with Gasteiger partial charge in [0.2, 0.25) is 0 Å². The SMILES string of the molecule is CC12CCC(CC1=NNC(N)=O)C2(C)C. The van der Waals surface area contributed by atoms with Crippen molar-refractivity contribution in [2.75, 3.05) is 0 Å². The van der Waals surface area contributed by atoms with Crippen LogP contribution in [-0.2, 0) is 0 Å². The highest BCUT2D eigenvalue weighted by atomic mass is 16.2. The predicted molar refractivity (Wildman–Crippen MR) is 59.4 cm³/mol. The van der Waals surface area contributed by atoms with E-state index in [0.29, 0.717) is 11.3 Å². The molecule has 0 aromatic carbocycles. The molecule has 3 N–H and O–H groups in total. The van der Waals surface area contributed by atoms with E-state index < -0.39 is 6.03 Å². The van der Waals surface area contributed by atoms with Crippen molar-refractivity contribution in [3.8, 4) is 0 Å². The number of nitrogens with zero attached hydrogens (tertiary/aromatic N) is 1. The number of rotatable bonds is 1. The fraction of sp³-hybridized carbons (Fsp3) is 0.818. The number of nitrogens with two attached hydrogens (primary N) is 1. The van der Waals surface area contributed by atoms with Crippen LogP contribution in [0.4, 0.5) is 4.79 Å². The van der Waals surface area contributed by atoms with Crippen LogP contribution < -0.4 is 11.2 Å². The van der Waals surface area contributed by atoms with Gasteiger partial charge < -0.3 is 5.73 Å². The lowest BCUT2D eigenvalue weighted by molar-refractivity contribution is 0.193. The number of hydrogen-bond donors (Lipinski definition) is 2. The second-order valence-corrected chi connectivity index (χ2v) is 5.53. The molecule has 0 saturated heterocycles. The fourth-order valence-corrected chi connectivity index (χ4v) is 3.22. The Morgan fingerprint density at radius 1 is 1.53 bits per heavy atom. The van der Waals surface area contributed by atoms with Crippen LogP contribution in [0.2, 0.25) is 0 Å². The first kappa shape index (κ1) is 10.5. The monoisotopic (exact) mass is 209 g/mol. The van der Waals surface area contributed by atoms with Gasteiger partial charge in [-0.05, 0) is 30.6 Å². The molecule has 84 valence electrons. The highest BCUT2D eigenvalue weighted by Gasteiger charge is 2.59. The standard InChI is InChI=1S/C11H19N3O/c1-10(2)7-4-5-11(10,3)8(6-7)13-14-9(12)15/h7H,4-6H2,1-3H3,(H3,12,14,15). The van der Waals surface area contributed by atoms with E-state index in [2.05, 4.69) is 31.3 Å². The maximum atomic E-state index is 10.6. The lowest BCUT2D eigenvalue weighted by Crippen LogP contribution is -2.35. The average Bonchev–Trinajstić information content (AvgIpc) is 2.46. The van der Waals surface area contributed by atoms with Crippen molar-refractivity contribution in [3.63, 3.8) is 0 Å². The van der Waals surface area contributed by atoms with E-state index in [4.69, 9.17) is 5.73 Å². The molecule has 4 nitrogen and oxygen atoms in total. The zero-order chi connectivity index (χ0) is 11.3. The molecule has 2 bridgehead atoms. The Morgan fingerprint density at radius 3 is 2.60 bits per heavy atom. The van der Waals surface area contributed by atoms with Crippen molar-refractivity contribution in [3.05, 3.63) is 0 Å². The van der Waals surface area contributed by atoms with Crippen molar-refractivity contribution >= 4 is 11.7 Å². The normalized spacial score (nSPS) is 39.7. The number of amides is 2. The Balaban J connectivity index is 2.26. The summed E-state index contributed by atoms with van der Waals surface area (Å²) in [4.78, 5) is 10.6. The summed E-state index contributed by atoms with van der Waals surface area (Å²) >= 11 is 0. The highest BCUT2D eigenvalue weighted by Crippen LogP contribution is 2.63. The van der Waals surface area contributed by atoms with Gasteiger partial charge in [0.25, 0.3) is 0 Å². The molecular weight excluding hydrogens is 190 g/mol. The first-order valence-electron chi connectivity index (χ1n) is 5.50. The van der Waals surface area contributed by atoms with Crippen LogP contribution in [0, 0.1) is 16.7 Å². The van der Waals surface area contributed by atoms with Crippen molar-refractivity contribution in [2.24, 2.45) is 27.6 Å². The van der Waals surface area contributed by atoms with Crippen LogP contribution in [0.15, 0.2) is 5.10 Å². The van der Waals surface area contributed by atoms with Gasteiger partial charge in [-0.2, -0.15) is 5.10 Å². The number of hydrogen-bond acceptors (Lipinski definition) is 2. The molecule has 0 radical (unpaired) electrons. The van der Waals surface area contributed by atoms with Gasteiger partial charge in [0.1, 0.15) is 0 Å². The van der Waals surface area contributed by atoms with Gasteiger partial charge in [-0.15, -0.1) is 0 Å². The zero-order valence-corrected chi connectivity index (χ0v) is 9.63. The Kier molecular flexibility index (Phi) is 2.07. The molecule has 15 heavy (non-hydrogen) atoms. The molecule has 2 unspecified atom stereocenters. The molecule has 4 heteroatoms. The van der Waals surface area contributed by atoms with E-state index >= 15 is 0 Å². The van der Waals surface area contributed by atoms with E-state index in [-0.39, 0.29) is 5.41 Å². The number of fused-ring (bicyclic) bond motifs is 2. The molecule has 2 amide bonds. The molecule has 0 spiro atoms. The number of urea groups is 1. The van der Waals surface area contributed by atoms with E-state index in [0.717, 1.165) is 12.1 Å². The van der Waals surface area contributed by atoms with Crippen molar-refractivity contribution < 1.29 is 4.79 Å². The topological polar surface area (TPSA) is 67.5 Å².